The molecule has 0 aromatic heterocycles. The van der Waals surface area contributed by atoms with Gasteiger partial charge in [0.25, 0.3) is 5.91 Å². The van der Waals surface area contributed by atoms with Gasteiger partial charge in [0, 0.05) is 6.54 Å². The molecule has 0 bridgehead atoms. The van der Waals surface area contributed by atoms with Crippen molar-refractivity contribution in [2.75, 3.05) is 6.54 Å². The first-order valence-corrected chi connectivity index (χ1v) is 8.59. The van der Waals surface area contributed by atoms with E-state index in [9.17, 15) is 4.79 Å². The number of hydrogen-bond donors (Lipinski definition) is 0. The monoisotopic (exact) mass is 353 g/mol. The van der Waals surface area contributed by atoms with E-state index in [0.29, 0.717) is 15.8 Å². The summed E-state index contributed by atoms with van der Waals surface area (Å²) in [5.74, 6) is 1.41. The van der Waals surface area contributed by atoms with Gasteiger partial charge in [-0.3, -0.25) is 9.69 Å². The minimum absolute atomic E-state index is 0.0840. The van der Waals surface area contributed by atoms with Gasteiger partial charge in [-0.2, -0.15) is 0 Å². The van der Waals surface area contributed by atoms with E-state index >= 15 is 0 Å². The van der Waals surface area contributed by atoms with Gasteiger partial charge < -0.3 is 4.74 Å². The summed E-state index contributed by atoms with van der Waals surface area (Å²) < 4.78 is 6.38. The maximum atomic E-state index is 12.4. The van der Waals surface area contributed by atoms with Crippen LogP contribution in [-0.2, 0) is 4.79 Å². The maximum Gasteiger partial charge on any atom is 0.266 e. The van der Waals surface area contributed by atoms with Gasteiger partial charge in [-0.1, -0.05) is 60.4 Å². The van der Waals surface area contributed by atoms with Crippen LogP contribution < -0.4 is 4.74 Å². The number of ether oxygens (including phenoxy) is 1. The number of thioether (sulfide) groups is 1. The Hall–Kier alpha value is -2.37. The average molecular weight is 353 g/mol. The predicted molar refractivity (Wildman–Crippen MR) is 103 cm³/mol. The van der Waals surface area contributed by atoms with Crippen LogP contribution in [0.3, 0.4) is 0 Å². The quantitative estimate of drug-likeness (QED) is 0.436. The lowest BCUT2D eigenvalue weighted by Crippen LogP contribution is -2.27. The first-order valence-electron chi connectivity index (χ1n) is 7.36. The molecule has 0 saturated carbocycles. The molecule has 1 aliphatic rings. The van der Waals surface area contributed by atoms with Crippen molar-refractivity contribution < 1.29 is 9.53 Å². The Morgan fingerprint density at radius 3 is 2.62 bits per heavy atom. The summed E-state index contributed by atoms with van der Waals surface area (Å²) in [6.45, 7) is 4.08. The molecule has 0 spiro atoms. The van der Waals surface area contributed by atoms with Crippen LogP contribution in [0.2, 0.25) is 0 Å². The molecule has 1 amide bonds. The molecule has 0 radical (unpaired) electrons. The van der Waals surface area contributed by atoms with Crippen molar-refractivity contribution in [3.05, 3.63) is 77.7 Å². The van der Waals surface area contributed by atoms with Crippen LogP contribution in [0.25, 0.3) is 6.08 Å². The Morgan fingerprint density at radius 2 is 1.88 bits per heavy atom. The van der Waals surface area contributed by atoms with Gasteiger partial charge in [0.05, 0.1) is 4.91 Å². The molecule has 0 N–H and O–H groups in total. The van der Waals surface area contributed by atoms with Gasteiger partial charge >= 0.3 is 0 Å². The fourth-order valence-corrected chi connectivity index (χ4v) is 3.51. The maximum absolute atomic E-state index is 12.4. The van der Waals surface area contributed by atoms with E-state index in [4.69, 9.17) is 17.0 Å². The fourth-order valence-electron chi connectivity index (χ4n) is 2.23. The van der Waals surface area contributed by atoms with Gasteiger partial charge in [-0.05, 0) is 35.9 Å². The number of benzene rings is 2. The van der Waals surface area contributed by atoms with Crippen LogP contribution in [0, 0.1) is 0 Å². The van der Waals surface area contributed by atoms with Gasteiger partial charge in [0.2, 0.25) is 0 Å². The van der Waals surface area contributed by atoms with Gasteiger partial charge in [0.15, 0.2) is 0 Å². The third-order valence-corrected chi connectivity index (χ3v) is 4.70. The Morgan fingerprint density at radius 1 is 1.12 bits per heavy atom. The number of thiocarbonyl (C=S) groups is 1. The number of nitrogens with zero attached hydrogens (tertiary/aromatic N) is 1. The zero-order chi connectivity index (χ0) is 16.9. The van der Waals surface area contributed by atoms with E-state index in [1.54, 1.807) is 11.0 Å². The second-order valence-electron chi connectivity index (χ2n) is 5.07. The van der Waals surface area contributed by atoms with Crippen LogP contribution in [0.5, 0.6) is 11.5 Å². The van der Waals surface area contributed by atoms with Gasteiger partial charge in [-0.25, -0.2) is 0 Å². The Kier molecular flexibility index (Phi) is 5.13. The van der Waals surface area contributed by atoms with E-state index in [1.807, 2.05) is 60.7 Å². The molecule has 0 unspecified atom stereocenters. The lowest BCUT2D eigenvalue weighted by atomic mass is 10.2. The van der Waals surface area contributed by atoms with E-state index in [1.165, 1.54) is 11.8 Å². The highest BCUT2D eigenvalue weighted by atomic mass is 32.2. The molecule has 2 aromatic rings. The minimum atomic E-state index is -0.0840. The number of carbonyl (C=O) groups excluding carboxylic acids is 1. The van der Waals surface area contributed by atoms with Crippen molar-refractivity contribution in [1.82, 2.24) is 4.90 Å². The summed E-state index contributed by atoms with van der Waals surface area (Å²) in [6, 6.07) is 17.2. The van der Waals surface area contributed by atoms with Gasteiger partial charge in [-0.15, -0.1) is 6.58 Å². The van der Waals surface area contributed by atoms with E-state index < -0.39 is 0 Å². The largest absolute Gasteiger partial charge is 0.457 e. The third-order valence-electron chi connectivity index (χ3n) is 3.32. The van der Waals surface area contributed by atoms with Crippen LogP contribution >= 0.6 is 24.0 Å². The Labute approximate surface area is 150 Å². The minimum Gasteiger partial charge on any atom is -0.457 e. The first-order chi connectivity index (χ1) is 11.7. The van der Waals surface area contributed by atoms with E-state index in [-0.39, 0.29) is 5.91 Å². The van der Waals surface area contributed by atoms with Gasteiger partial charge in [0.1, 0.15) is 15.8 Å². The molecule has 120 valence electrons. The summed E-state index contributed by atoms with van der Waals surface area (Å²) in [6.07, 6.45) is 3.50. The number of para-hydroxylation sites is 1. The molecule has 2 aromatic carbocycles. The third kappa shape index (κ3) is 3.75. The second kappa shape index (κ2) is 7.47. The molecule has 0 aliphatic carbocycles. The normalized spacial score (nSPS) is 15.8. The van der Waals surface area contributed by atoms with Crippen LogP contribution in [0.1, 0.15) is 5.56 Å². The summed E-state index contributed by atoms with van der Waals surface area (Å²) >= 11 is 6.55. The molecule has 3 rings (SSSR count). The van der Waals surface area contributed by atoms with E-state index in [0.717, 1.165) is 17.1 Å². The van der Waals surface area contributed by atoms with Crippen molar-refractivity contribution in [3.8, 4) is 11.5 Å². The standard InChI is InChI=1S/C19H15NO2S2/c1-2-11-20-18(21)17(24-19(20)23)13-14-7-6-10-16(12-14)22-15-8-4-3-5-9-15/h2-10,12-13H,1,11H2/b17-13-. The molecule has 24 heavy (non-hydrogen) atoms. The summed E-state index contributed by atoms with van der Waals surface area (Å²) in [7, 11) is 0. The smallest absolute Gasteiger partial charge is 0.266 e. The molecule has 5 heteroatoms. The summed E-state index contributed by atoms with van der Waals surface area (Å²) in [5, 5.41) is 0. The summed E-state index contributed by atoms with van der Waals surface area (Å²) in [4.78, 5) is 14.5. The van der Waals surface area contributed by atoms with Crippen molar-refractivity contribution >= 4 is 40.3 Å². The molecule has 1 saturated heterocycles. The highest BCUT2D eigenvalue weighted by molar-refractivity contribution is 8.26. The predicted octanol–water partition coefficient (Wildman–Crippen LogP) is 4.87. The Bertz CT molecular complexity index is 815. The zero-order valence-electron chi connectivity index (χ0n) is 12.8. The van der Waals surface area contributed by atoms with E-state index in [2.05, 4.69) is 6.58 Å². The first kappa shape index (κ1) is 16.5. The molecule has 1 fully saturated rings. The zero-order valence-corrected chi connectivity index (χ0v) is 14.5. The average Bonchev–Trinajstić information content (AvgIpc) is 2.84. The number of hydrogen-bond acceptors (Lipinski definition) is 4. The number of amides is 1. The van der Waals surface area contributed by atoms with Crippen molar-refractivity contribution in [1.29, 1.82) is 0 Å². The molecule has 1 aliphatic heterocycles. The number of carbonyl (C=O) groups is 1. The van der Waals surface area contributed by atoms with Crippen LogP contribution in [0.15, 0.2) is 72.2 Å². The molecular formula is C19H15NO2S2. The molecule has 3 nitrogen and oxygen atoms in total. The SMILES string of the molecule is C=CCN1C(=O)/C(=C/c2cccc(Oc3ccccc3)c2)SC1=S. The van der Waals surface area contributed by atoms with Crippen molar-refractivity contribution in [2.45, 2.75) is 0 Å². The topological polar surface area (TPSA) is 29.5 Å². The molecule has 1 heterocycles. The summed E-state index contributed by atoms with van der Waals surface area (Å²) in [5.41, 5.74) is 0.891. The van der Waals surface area contributed by atoms with Crippen LogP contribution in [-0.4, -0.2) is 21.7 Å². The fraction of sp³-hybridized carbons (Fsp3) is 0.0526. The highest BCUT2D eigenvalue weighted by Crippen LogP contribution is 2.33. The van der Waals surface area contributed by atoms with Crippen LogP contribution in [0.4, 0.5) is 0 Å². The lowest BCUT2D eigenvalue weighted by Gasteiger charge is -2.10. The lowest BCUT2D eigenvalue weighted by molar-refractivity contribution is -0.121. The molecule has 0 atom stereocenters. The Balaban J connectivity index is 1.81. The molecular weight excluding hydrogens is 338 g/mol. The highest BCUT2D eigenvalue weighted by Gasteiger charge is 2.30. The number of rotatable bonds is 5. The van der Waals surface area contributed by atoms with Crippen molar-refractivity contribution in [2.24, 2.45) is 0 Å². The second-order valence-corrected chi connectivity index (χ2v) is 6.74. The van der Waals surface area contributed by atoms with Crippen molar-refractivity contribution in [3.63, 3.8) is 0 Å².